The molecule has 3 nitrogen and oxygen atoms in total. The van der Waals surface area contributed by atoms with E-state index in [2.05, 4.69) is 30.2 Å². The molecule has 0 saturated heterocycles. The molecule has 1 saturated carbocycles. The summed E-state index contributed by atoms with van der Waals surface area (Å²) in [7, 11) is 0. The molecule has 3 heteroatoms. The Hall–Kier alpha value is -0.930. The largest absolute Gasteiger partial charge is 0.374 e. The first-order valence-corrected chi connectivity index (χ1v) is 8.07. The van der Waals surface area contributed by atoms with Gasteiger partial charge in [0.1, 0.15) is 0 Å². The van der Waals surface area contributed by atoms with Gasteiger partial charge in [-0.15, -0.1) is 0 Å². The fourth-order valence-electron chi connectivity index (χ4n) is 3.48. The van der Waals surface area contributed by atoms with Crippen LogP contribution in [0.2, 0.25) is 0 Å². The molecule has 1 aromatic heterocycles. The van der Waals surface area contributed by atoms with Gasteiger partial charge in [0.2, 0.25) is 0 Å². The second-order valence-electron chi connectivity index (χ2n) is 5.73. The van der Waals surface area contributed by atoms with Crippen LogP contribution in [0.1, 0.15) is 51.5 Å². The third-order valence-electron chi connectivity index (χ3n) is 4.38. The number of hydrogen-bond donors (Lipinski definition) is 1. The van der Waals surface area contributed by atoms with Crippen molar-refractivity contribution in [1.29, 1.82) is 0 Å². The molecule has 112 valence electrons. The molecule has 0 spiro atoms. The smallest absolute Gasteiger partial charge is 0.0837 e. The summed E-state index contributed by atoms with van der Waals surface area (Å²) in [4.78, 5) is 4.24. The van der Waals surface area contributed by atoms with Crippen LogP contribution in [0.3, 0.4) is 0 Å². The van der Waals surface area contributed by atoms with E-state index in [4.69, 9.17) is 4.74 Å². The van der Waals surface area contributed by atoms with E-state index < -0.39 is 0 Å². The van der Waals surface area contributed by atoms with Gasteiger partial charge < -0.3 is 10.1 Å². The molecular formula is C17H28N2O. The zero-order valence-corrected chi connectivity index (χ0v) is 12.9. The van der Waals surface area contributed by atoms with Crippen molar-refractivity contribution in [2.45, 2.75) is 64.0 Å². The molecule has 1 aromatic rings. The maximum absolute atomic E-state index is 6.27. The first kappa shape index (κ1) is 15.5. The maximum atomic E-state index is 6.27. The number of aromatic nitrogens is 1. The van der Waals surface area contributed by atoms with Crippen LogP contribution in [-0.2, 0) is 11.2 Å². The summed E-state index contributed by atoms with van der Waals surface area (Å²) < 4.78 is 6.27. The van der Waals surface area contributed by atoms with Crippen molar-refractivity contribution >= 4 is 0 Å². The van der Waals surface area contributed by atoms with E-state index in [9.17, 15) is 0 Å². The first-order chi connectivity index (χ1) is 9.80. The summed E-state index contributed by atoms with van der Waals surface area (Å²) in [5.74, 6) is 0. The van der Waals surface area contributed by atoms with Gasteiger partial charge in [0, 0.05) is 25.0 Å². The quantitative estimate of drug-likeness (QED) is 0.829. The van der Waals surface area contributed by atoms with Crippen LogP contribution in [0.25, 0.3) is 0 Å². The molecule has 0 bridgehead atoms. The minimum Gasteiger partial charge on any atom is -0.374 e. The highest BCUT2D eigenvalue weighted by Crippen LogP contribution is 2.35. The fraction of sp³-hybridized carbons (Fsp3) is 0.706. The highest BCUT2D eigenvalue weighted by atomic mass is 16.5. The third kappa shape index (κ3) is 3.80. The van der Waals surface area contributed by atoms with Gasteiger partial charge in [-0.05, 0) is 44.4 Å². The minimum atomic E-state index is 0.0127. The van der Waals surface area contributed by atoms with Crippen LogP contribution < -0.4 is 5.32 Å². The Kier molecular flexibility index (Phi) is 5.99. The average Bonchev–Trinajstić information content (AvgIpc) is 2.49. The Balaban J connectivity index is 2.15. The van der Waals surface area contributed by atoms with Crippen LogP contribution in [0.5, 0.6) is 0 Å². The molecule has 2 rings (SSSR count). The summed E-state index contributed by atoms with van der Waals surface area (Å²) >= 11 is 0. The molecule has 20 heavy (non-hydrogen) atoms. The van der Waals surface area contributed by atoms with E-state index >= 15 is 0 Å². The van der Waals surface area contributed by atoms with Crippen LogP contribution in [0.15, 0.2) is 24.5 Å². The standard InChI is InChI=1S/C17H28N2O/c1-3-19-16(13-15-9-8-12-18-14-15)17(20-4-2)10-6-5-7-11-17/h8-9,12,14,16,19H,3-7,10-11,13H2,1-2H3. The van der Waals surface area contributed by atoms with Crippen LogP contribution in [-0.4, -0.2) is 29.8 Å². The molecule has 1 aliphatic carbocycles. The van der Waals surface area contributed by atoms with Gasteiger partial charge in [-0.1, -0.05) is 32.3 Å². The van der Waals surface area contributed by atoms with Crippen molar-refractivity contribution in [3.8, 4) is 0 Å². The highest BCUT2D eigenvalue weighted by molar-refractivity contribution is 5.13. The molecule has 1 heterocycles. The lowest BCUT2D eigenvalue weighted by Crippen LogP contribution is -2.54. The van der Waals surface area contributed by atoms with E-state index in [1.807, 2.05) is 18.5 Å². The second-order valence-corrected chi connectivity index (χ2v) is 5.73. The Morgan fingerprint density at radius 3 is 2.70 bits per heavy atom. The monoisotopic (exact) mass is 276 g/mol. The molecule has 0 radical (unpaired) electrons. The minimum absolute atomic E-state index is 0.0127. The van der Waals surface area contributed by atoms with Crippen molar-refractivity contribution in [1.82, 2.24) is 10.3 Å². The topological polar surface area (TPSA) is 34.2 Å². The molecule has 0 amide bonds. The Labute approximate surface area is 123 Å². The van der Waals surface area contributed by atoms with E-state index in [-0.39, 0.29) is 5.60 Å². The van der Waals surface area contributed by atoms with Crippen LogP contribution in [0, 0.1) is 0 Å². The normalized spacial score (nSPS) is 19.7. The first-order valence-electron chi connectivity index (χ1n) is 8.07. The highest BCUT2D eigenvalue weighted by Gasteiger charge is 2.40. The summed E-state index contributed by atoms with van der Waals surface area (Å²) in [6.45, 7) is 6.08. The lowest BCUT2D eigenvalue weighted by Gasteiger charge is -2.44. The van der Waals surface area contributed by atoms with Crippen molar-refractivity contribution in [2.75, 3.05) is 13.2 Å². The number of ether oxygens (including phenoxy) is 1. The fourth-order valence-corrected chi connectivity index (χ4v) is 3.48. The van der Waals surface area contributed by atoms with Gasteiger partial charge in [0.25, 0.3) is 0 Å². The summed E-state index contributed by atoms with van der Waals surface area (Å²) in [5.41, 5.74) is 1.31. The zero-order valence-electron chi connectivity index (χ0n) is 12.9. The van der Waals surface area contributed by atoms with E-state index in [0.717, 1.165) is 19.6 Å². The molecule has 1 atom stereocenters. The van der Waals surface area contributed by atoms with Crippen LogP contribution >= 0.6 is 0 Å². The molecule has 0 aliphatic heterocycles. The van der Waals surface area contributed by atoms with Crippen molar-refractivity contribution < 1.29 is 4.74 Å². The summed E-state index contributed by atoms with van der Waals surface area (Å²) in [6, 6.07) is 4.57. The number of likely N-dealkylation sites (N-methyl/N-ethyl adjacent to an activating group) is 1. The van der Waals surface area contributed by atoms with E-state index in [1.165, 1.54) is 37.7 Å². The number of hydrogen-bond acceptors (Lipinski definition) is 3. The Morgan fingerprint density at radius 1 is 1.30 bits per heavy atom. The number of nitrogens with zero attached hydrogens (tertiary/aromatic N) is 1. The van der Waals surface area contributed by atoms with Gasteiger partial charge in [-0.2, -0.15) is 0 Å². The third-order valence-corrected chi connectivity index (χ3v) is 4.38. The van der Waals surface area contributed by atoms with E-state index in [0.29, 0.717) is 6.04 Å². The van der Waals surface area contributed by atoms with Gasteiger partial charge >= 0.3 is 0 Å². The summed E-state index contributed by atoms with van der Waals surface area (Å²) in [6.07, 6.45) is 11.1. The number of pyridine rings is 1. The number of nitrogens with one attached hydrogen (secondary N) is 1. The Morgan fingerprint density at radius 2 is 2.10 bits per heavy atom. The predicted octanol–water partition coefficient (Wildman–Crippen LogP) is 3.34. The van der Waals surface area contributed by atoms with Gasteiger partial charge in [0.05, 0.1) is 5.60 Å². The van der Waals surface area contributed by atoms with E-state index in [1.54, 1.807) is 0 Å². The predicted molar refractivity (Wildman–Crippen MR) is 82.8 cm³/mol. The van der Waals surface area contributed by atoms with Gasteiger partial charge in [0.15, 0.2) is 0 Å². The van der Waals surface area contributed by atoms with Gasteiger partial charge in [-0.25, -0.2) is 0 Å². The Bertz CT molecular complexity index is 368. The second kappa shape index (κ2) is 7.75. The van der Waals surface area contributed by atoms with Crippen molar-refractivity contribution in [2.24, 2.45) is 0 Å². The molecule has 1 aliphatic rings. The van der Waals surface area contributed by atoms with Crippen molar-refractivity contribution in [3.05, 3.63) is 30.1 Å². The van der Waals surface area contributed by atoms with Crippen molar-refractivity contribution in [3.63, 3.8) is 0 Å². The molecule has 0 aromatic carbocycles. The molecular weight excluding hydrogens is 248 g/mol. The molecule has 1 unspecified atom stereocenters. The maximum Gasteiger partial charge on any atom is 0.0837 e. The SMILES string of the molecule is CCNC(Cc1cccnc1)C1(OCC)CCCCC1. The van der Waals surface area contributed by atoms with Gasteiger partial charge in [-0.3, -0.25) is 4.98 Å². The number of rotatable bonds is 7. The lowest BCUT2D eigenvalue weighted by atomic mass is 9.77. The van der Waals surface area contributed by atoms with Crippen LogP contribution in [0.4, 0.5) is 0 Å². The lowest BCUT2D eigenvalue weighted by molar-refractivity contribution is -0.0894. The summed E-state index contributed by atoms with van der Waals surface area (Å²) in [5, 5.41) is 3.67. The molecule has 1 N–H and O–H groups in total. The zero-order chi connectivity index (χ0) is 14.3. The average molecular weight is 276 g/mol. The molecule has 1 fully saturated rings.